The van der Waals surface area contributed by atoms with Crippen LogP contribution in [0.1, 0.15) is 40.3 Å². The predicted molar refractivity (Wildman–Crippen MR) is 166 cm³/mol. The number of rotatable bonds is 8. The first-order chi connectivity index (χ1) is 19.9. The number of benzene rings is 2. The smallest absolute Gasteiger partial charge is 0.271 e. The zero-order chi connectivity index (χ0) is 30.3. The highest BCUT2D eigenvalue weighted by molar-refractivity contribution is 7.92. The van der Waals surface area contributed by atoms with Crippen molar-refractivity contribution in [1.29, 1.82) is 0 Å². The quantitative estimate of drug-likeness (QED) is 0.157. The van der Waals surface area contributed by atoms with Crippen molar-refractivity contribution in [3.05, 3.63) is 105 Å². The van der Waals surface area contributed by atoms with E-state index in [2.05, 4.69) is 15.0 Å². The van der Waals surface area contributed by atoms with Gasteiger partial charge >= 0.3 is 0 Å². The first kappa shape index (κ1) is 29.0. The summed E-state index contributed by atoms with van der Waals surface area (Å²) in [6.45, 7) is 5.72. The minimum Gasteiger partial charge on any atom is -0.495 e. The molecule has 0 unspecified atom stereocenters. The maximum atomic E-state index is 11.9. The average molecular weight is 607 g/mol. The Labute approximate surface area is 249 Å². The standard InChI is InChI=1S/C29H30N6O5S2/c1-17-14-20(9-11-23(17)32-42(5,38)39)34-28(27(31-29(34)41)24-8-6-7-13-30-24)22-15-18(2)33(19(22)3)25-16-21(35(36)37)10-12-26(25)40-4/h6-16,27-28,32H,1-5H3,(H,31,41)/t27-,28-/m0/s1. The lowest BCUT2D eigenvalue weighted by atomic mass is 9.96. The Hall–Kier alpha value is -4.49. The van der Waals surface area contributed by atoms with E-state index >= 15 is 0 Å². The Kier molecular flexibility index (Phi) is 7.64. The molecule has 218 valence electrons. The predicted octanol–water partition coefficient (Wildman–Crippen LogP) is 5.26. The van der Waals surface area contributed by atoms with Crippen molar-refractivity contribution in [3.8, 4) is 11.4 Å². The SMILES string of the molecule is COc1ccc([N+](=O)[O-])cc1-n1c(C)cc([C@H]2[C@H](c3ccccn3)NC(=S)N2c2ccc(NS(C)(=O)=O)c(C)c2)c1C. The highest BCUT2D eigenvalue weighted by atomic mass is 32.2. The molecule has 0 aliphatic carbocycles. The Bertz CT molecular complexity index is 1810. The summed E-state index contributed by atoms with van der Waals surface area (Å²) in [6, 6.07) is 17.0. The zero-order valence-electron chi connectivity index (χ0n) is 23.7. The van der Waals surface area contributed by atoms with E-state index in [1.165, 1.54) is 19.2 Å². The largest absolute Gasteiger partial charge is 0.495 e. The molecule has 4 aromatic rings. The summed E-state index contributed by atoms with van der Waals surface area (Å²) in [7, 11) is -1.92. The summed E-state index contributed by atoms with van der Waals surface area (Å²) in [4.78, 5) is 17.8. The number of aryl methyl sites for hydroxylation is 2. The van der Waals surface area contributed by atoms with Crippen LogP contribution in [0.3, 0.4) is 0 Å². The topological polar surface area (TPSA) is 132 Å². The van der Waals surface area contributed by atoms with Gasteiger partial charge in [0, 0.05) is 35.4 Å². The lowest BCUT2D eigenvalue weighted by Crippen LogP contribution is -2.29. The molecule has 3 heterocycles. The molecule has 2 aromatic carbocycles. The van der Waals surface area contributed by atoms with E-state index in [0.717, 1.165) is 40.2 Å². The highest BCUT2D eigenvalue weighted by Gasteiger charge is 2.42. The molecule has 0 spiro atoms. The first-order valence-corrected chi connectivity index (χ1v) is 15.3. The van der Waals surface area contributed by atoms with Gasteiger partial charge in [-0.15, -0.1) is 0 Å². The first-order valence-electron chi connectivity index (χ1n) is 13.0. The van der Waals surface area contributed by atoms with Gasteiger partial charge in [-0.25, -0.2) is 8.42 Å². The van der Waals surface area contributed by atoms with Crippen LogP contribution < -0.4 is 19.7 Å². The van der Waals surface area contributed by atoms with Gasteiger partial charge in [0.2, 0.25) is 10.0 Å². The van der Waals surface area contributed by atoms with E-state index < -0.39 is 14.9 Å². The molecule has 1 aliphatic rings. The van der Waals surface area contributed by atoms with Crippen LogP contribution in [0.25, 0.3) is 5.69 Å². The summed E-state index contributed by atoms with van der Waals surface area (Å²) < 4.78 is 33.8. The highest BCUT2D eigenvalue weighted by Crippen LogP contribution is 2.45. The van der Waals surface area contributed by atoms with Crippen LogP contribution in [0.2, 0.25) is 0 Å². The number of anilines is 2. The van der Waals surface area contributed by atoms with Crippen molar-refractivity contribution in [2.75, 3.05) is 23.0 Å². The Morgan fingerprint density at radius 2 is 1.86 bits per heavy atom. The molecule has 0 saturated carbocycles. The van der Waals surface area contributed by atoms with Gasteiger partial charge in [0.1, 0.15) is 5.75 Å². The molecular weight excluding hydrogens is 576 g/mol. The summed E-state index contributed by atoms with van der Waals surface area (Å²) in [5.41, 5.74) is 5.90. The number of ether oxygens (including phenoxy) is 1. The van der Waals surface area contributed by atoms with E-state index in [-0.39, 0.29) is 17.8 Å². The molecule has 5 rings (SSSR count). The van der Waals surface area contributed by atoms with Crippen LogP contribution in [-0.2, 0) is 10.0 Å². The number of pyridine rings is 1. The van der Waals surface area contributed by atoms with Crippen LogP contribution in [0, 0.1) is 30.9 Å². The number of aromatic nitrogens is 2. The number of non-ortho nitro benzene ring substituents is 1. The van der Waals surface area contributed by atoms with Crippen LogP contribution in [0.5, 0.6) is 5.75 Å². The van der Waals surface area contributed by atoms with Crippen molar-refractivity contribution in [2.24, 2.45) is 0 Å². The molecule has 2 N–H and O–H groups in total. The Morgan fingerprint density at radius 1 is 1.10 bits per heavy atom. The van der Waals surface area contributed by atoms with Gasteiger partial charge in [-0.3, -0.25) is 19.8 Å². The molecule has 1 fully saturated rings. The zero-order valence-corrected chi connectivity index (χ0v) is 25.3. The lowest BCUT2D eigenvalue weighted by Gasteiger charge is -2.29. The van der Waals surface area contributed by atoms with Crippen molar-refractivity contribution < 1.29 is 18.1 Å². The third-order valence-corrected chi connectivity index (χ3v) is 8.19. The molecule has 42 heavy (non-hydrogen) atoms. The summed E-state index contributed by atoms with van der Waals surface area (Å²) in [5, 5.41) is 15.5. The number of hydrogen-bond donors (Lipinski definition) is 2. The molecular formula is C29H30N6O5S2. The number of thiocarbonyl (C=S) groups is 1. The fourth-order valence-electron chi connectivity index (χ4n) is 5.49. The second kappa shape index (κ2) is 11.1. The molecule has 2 aromatic heterocycles. The van der Waals surface area contributed by atoms with Gasteiger partial charge in [-0.2, -0.15) is 0 Å². The molecule has 0 amide bonds. The number of nitrogens with one attached hydrogen (secondary N) is 2. The number of sulfonamides is 1. The molecule has 1 aliphatic heterocycles. The lowest BCUT2D eigenvalue weighted by molar-refractivity contribution is -0.384. The van der Waals surface area contributed by atoms with Gasteiger partial charge in [-0.1, -0.05) is 6.07 Å². The number of hydrogen-bond acceptors (Lipinski definition) is 7. The minimum absolute atomic E-state index is 0.0465. The van der Waals surface area contributed by atoms with Gasteiger partial charge < -0.3 is 19.5 Å². The third-order valence-electron chi connectivity index (χ3n) is 7.28. The van der Waals surface area contributed by atoms with Crippen LogP contribution in [0.15, 0.2) is 66.9 Å². The Balaban J connectivity index is 1.68. The summed E-state index contributed by atoms with van der Waals surface area (Å²) >= 11 is 5.88. The number of nitrogens with zero attached hydrogens (tertiary/aromatic N) is 4. The third kappa shape index (κ3) is 5.40. The van der Waals surface area contributed by atoms with Gasteiger partial charge in [0.15, 0.2) is 5.11 Å². The van der Waals surface area contributed by atoms with Gasteiger partial charge in [0.05, 0.1) is 47.4 Å². The van der Waals surface area contributed by atoms with E-state index in [9.17, 15) is 18.5 Å². The molecule has 0 radical (unpaired) electrons. The summed E-state index contributed by atoms with van der Waals surface area (Å²) in [5.74, 6) is 0.497. The van der Waals surface area contributed by atoms with Crippen molar-refractivity contribution in [1.82, 2.24) is 14.9 Å². The second-order valence-corrected chi connectivity index (χ2v) is 12.3. The van der Waals surface area contributed by atoms with E-state index in [1.54, 1.807) is 18.3 Å². The molecule has 11 nitrogen and oxygen atoms in total. The monoisotopic (exact) mass is 606 g/mol. The van der Waals surface area contributed by atoms with E-state index in [4.69, 9.17) is 17.0 Å². The molecule has 0 bridgehead atoms. The van der Waals surface area contributed by atoms with Crippen LogP contribution >= 0.6 is 12.2 Å². The average Bonchev–Trinajstić information content (AvgIpc) is 3.43. The van der Waals surface area contributed by atoms with Crippen molar-refractivity contribution in [2.45, 2.75) is 32.9 Å². The molecule has 13 heteroatoms. The number of nitro benzene ring substituents is 1. The van der Waals surface area contributed by atoms with Gasteiger partial charge in [0.25, 0.3) is 5.69 Å². The van der Waals surface area contributed by atoms with Crippen molar-refractivity contribution >= 4 is 44.4 Å². The van der Waals surface area contributed by atoms with Crippen LogP contribution in [0.4, 0.5) is 17.1 Å². The van der Waals surface area contributed by atoms with E-state index in [0.29, 0.717) is 22.2 Å². The van der Waals surface area contributed by atoms with Crippen LogP contribution in [-0.4, -0.2) is 41.4 Å². The van der Waals surface area contributed by atoms with Crippen molar-refractivity contribution in [3.63, 3.8) is 0 Å². The number of methoxy groups -OCH3 is 1. The molecule has 2 atom stereocenters. The maximum Gasteiger partial charge on any atom is 0.271 e. The summed E-state index contributed by atoms with van der Waals surface area (Å²) in [6.07, 6.45) is 2.84. The fraction of sp³-hybridized carbons (Fsp3) is 0.241. The second-order valence-electron chi connectivity index (χ2n) is 10.1. The Morgan fingerprint density at radius 3 is 2.48 bits per heavy atom. The van der Waals surface area contributed by atoms with E-state index in [1.807, 2.05) is 66.6 Å². The minimum atomic E-state index is -3.45. The normalized spacial score (nSPS) is 16.8. The number of nitro groups is 1. The fourth-order valence-corrected chi connectivity index (χ4v) is 6.46. The maximum absolute atomic E-state index is 11.9. The molecule has 1 saturated heterocycles. The van der Waals surface area contributed by atoms with Gasteiger partial charge in [-0.05, 0) is 86.6 Å².